The van der Waals surface area contributed by atoms with Gasteiger partial charge < -0.3 is 15.5 Å². The quantitative estimate of drug-likeness (QED) is 0.187. The maximum atomic E-state index is 13.9. The summed E-state index contributed by atoms with van der Waals surface area (Å²) < 4.78 is 66.8. The molecule has 3 N–H and O–H groups in total. The maximum absolute atomic E-state index is 13.9. The average molecular weight is 738 g/mol. The van der Waals surface area contributed by atoms with Crippen LogP contribution in [-0.4, -0.2) is 79.6 Å². The Labute approximate surface area is 299 Å². The molecule has 4 heterocycles. The Kier molecular flexibility index (Phi) is 10.6. The molecule has 0 radical (unpaired) electrons. The number of hydrogen-bond acceptors (Lipinski definition) is 11. The monoisotopic (exact) mass is 737 g/mol. The van der Waals surface area contributed by atoms with Gasteiger partial charge in [-0.05, 0) is 47.9 Å². The molecule has 2 aliphatic heterocycles. The lowest BCUT2D eigenvalue weighted by atomic mass is 9.90. The summed E-state index contributed by atoms with van der Waals surface area (Å²) in [4.78, 5) is 40.4. The molecule has 0 aliphatic carbocycles. The number of carbonyl (C=O) groups excluding carboxylic acids is 2. The summed E-state index contributed by atoms with van der Waals surface area (Å²) >= 11 is 0. The molecule has 6 rings (SSSR count). The number of nitrogens with one attached hydrogen (secondary N) is 3. The Morgan fingerprint density at radius 3 is 2.35 bits per heavy atom. The molecule has 274 valence electrons. The van der Waals surface area contributed by atoms with Gasteiger partial charge >= 0.3 is 6.18 Å². The summed E-state index contributed by atoms with van der Waals surface area (Å²) in [6.45, 7) is 3.89. The highest BCUT2D eigenvalue weighted by Crippen LogP contribution is 2.35. The number of anilines is 5. The fourth-order valence-corrected chi connectivity index (χ4v) is 6.62. The smallest absolute Gasteiger partial charge is 0.369 e. The molecule has 0 saturated carbocycles. The highest BCUT2D eigenvalue weighted by molar-refractivity contribution is 7.92. The van der Waals surface area contributed by atoms with E-state index >= 15 is 0 Å². The van der Waals surface area contributed by atoms with E-state index in [-0.39, 0.29) is 36.0 Å². The number of carbonyl (C=O) groups is 2. The number of benzene rings is 2. The highest BCUT2D eigenvalue weighted by Gasteiger charge is 2.35. The van der Waals surface area contributed by atoms with Crippen LogP contribution in [0.4, 0.5) is 42.1 Å². The van der Waals surface area contributed by atoms with Gasteiger partial charge in [0.15, 0.2) is 0 Å². The first kappa shape index (κ1) is 36.5. The number of aromatic nitrogens is 3. The molecule has 2 saturated heterocycles. The van der Waals surface area contributed by atoms with E-state index in [4.69, 9.17) is 0 Å². The van der Waals surface area contributed by atoms with Gasteiger partial charge in [-0.1, -0.05) is 30.3 Å². The zero-order valence-corrected chi connectivity index (χ0v) is 29.3. The van der Waals surface area contributed by atoms with E-state index in [0.717, 1.165) is 60.1 Å². The van der Waals surface area contributed by atoms with E-state index in [1.165, 1.54) is 13.2 Å². The van der Waals surface area contributed by atoms with Crippen molar-refractivity contribution in [3.8, 4) is 0 Å². The van der Waals surface area contributed by atoms with Gasteiger partial charge in [-0.2, -0.15) is 18.2 Å². The third-order valence-electron chi connectivity index (χ3n) is 9.09. The second-order valence-electron chi connectivity index (χ2n) is 12.7. The number of alkyl halides is 3. The van der Waals surface area contributed by atoms with Crippen molar-refractivity contribution >= 4 is 50.8 Å². The normalized spacial score (nSPS) is 17.1. The minimum absolute atomic E-state index is 0.0540. The molecule has 2 aromatic heterocycles. The van der Waals surface area contributed by atoms with Gasteiger partial charge in [0, 0.05) is 82.1 Å². The molecule has 52 heavy (non-hydrogen) atoms. The van der Waals surface area contributed by atoms with Crippen molar-refractivity contribution in [2.45, 2.75) is 38.0 Å². The Balaban J connectivity index is 1.05. The van der Waals surface area contributed by atoms with Crippen molar-refractivity contribution in [3.05, 3.63) is 95.3 Å². The maximum Gasteiger partial charge on any atom is 0.421 e. The number of amides is 2. The average Bonchev–Trinajstić information content (AvgIpc) is 3.11. The van der Waals surface area contributed by atoms with Gasteiger partial charge in [0.2, 0.25) is 27.8 Å². The second-order valence-corrected chi connectivity index (χ2v) is 14.7. The zero-order chi connectivity index (χ0) is 37.0. The number of hydrogen-bond donors (Lipinski definition) is 3. The Morgan fingerprint density at radius 1 is 0.981 bits per heavy atom. The van der Waals surface area contributed by atoms with Crippen molar-refractivity contribution in [1.29, 1.82) is 0 Å². The Bertz CT molecular complexity index is 2020. The number of piperazine rings is 1. The first-order valence-electron chi connectivity index (χ1n) is 16.6. The lowest BCUT2D eigenvalue weighted by Crippen LogP contribution is -2.45. The molecule has 1 unspecified atom stereocenters. The summed E-state index contributed by atoms with van der Waals surface area (Å²) in [7, 11) is -2.34. The minimum atomic E-state index is -4.74. The Morgan fingerprint density at radius 2 is 1.69 bits per heavy atom. The number of imide groups is 1. The summed E-state index contributed by atoms with van der Waals surface area (Å²) in [5.41, 5.74) is 2.92. The molecule has 17 heteroatoms. The first-order valence-corrected chi connectivity index (χ1v) is 18.4. The van der Waals surface area contributed by atoms with Gasteiger partial charge in [0.05, 0.1) is 12.2 Å². The van der Waals surface area contributed by atoms with Crippen molar-refractivity contribution in [2.24, 2.45) is 0 Å². The molecule has 13 nitrogen and oxygen atoms in total. The largest absolute Gasteiger partial charge is 0.421 e. The van der Waals surface area contributed by atoms with Crippen LogP contribution >= 0.6 is 0 Å². The van der Waals surface area contributed by atoms with E-state index in [1.54, 1.807) is 12.1 Å². The van der Waals surface area contributed by atoms with Crippen molar-refractivity contribution in [2.75, 3.05) is 59.3 Å². The second kappa shape index (κ2) is 15.1. The minimum Gasteiger partial charge on any atom is -0.369 e. The van der Waals surface area contributed by atoms with Crippen LogP contribution in [0.25, 0.3) is 0 Å². The van der Waals surface area contributed by atoms with Crippen LogP contribution in [0.5, 0.6) is 0 Å². The fraction of sp³-hybridized carbons (Fsp3) is 0.343. The molecule has 2 aromatic carbocycles. The van der Waals surface area contributed by atoms with Gasteiger partial charge in [0.25, 0.3) is 0 Å². The number of halogens is 3. The number of pyridine rings is 1. The number of sulfonamides is 1. The SMILES string of the molecule is CN(c1ncccc1CNc1nc(Nc2ccc(N3CCN(Cc4ccc(C5CCC(=O)NC5=O)cc4)CC3)cc2)ncc1C(F)(F)F)S(C)(=O)=O. The zero-order valence-electron chi connectivity index (χ0n) is 28.5. The van der Waals surface area contributed by atoms with Gasteiger partial charge in [-0.3, -0.25) is 24.1 Å². The van der Waals surface area contributed by atoms with E-state index < -0.39 is 27.6 Å². The van der Waals surface area contributed by atoms with Crippen LogP contribution in [0.2, 0.25) is 0 Å². The molecule has 0 bridgehead atoms. The highest BCUT2D eigenvalue weighted by atomic mass is 32.2. The molecule has 1 atom stereocenters. The molecular formula is C35H38F3N9O4S. The van der Waals surface area contributed by atoms with Crippen molar-refractivity contribution < 1.29 is 31.2 Å². The van der Waals surface area contributed by atoms with Gasteiger partial charge in [-0.25, -0.2) is 18.4 Å². The topological polar surface area (TPSA) is 153 Å². The molecule has 2 aliphatic rings. The molecular weight excluding hydrogens is 700 g/mol. The van der Waals surface area contributed by atoms with E-state index in [2.05, 4.69) is 40.7 Å². The van der Waals surface area contributed by atoms with Crippen LogP contribution < -0.4 is 25.2 Å². The Hall–Kier alpha value is -5.29. The summed E-state index contributed by atoms with van der Waals surface area (Å²) in [6, 6.07) is 18.6. The van der Waals surface area contributed by atoms with Crippen LogP contribution in [-0.2, 0) is 38.9 Å². The summed E-state index contributed by atoms with van der Waals surface area (Å²) in [5.74, 6) is -1.21. The fourth-order valence-electron chi connectivity index (χ4n) is 6.15. The summed E-state index contributed by atoms with van der Waals surface area (Å²) in [6.07, 6.45) is -0.766. The predicted octanol–water partition coefficient (Wildman–Crippen LogP) is 4.48. The van der Waals surface area contributed by atoms with Gasteiger partial charge in [0.1, 0.15) is 17.2 Å². The van der Waals surface area contributed by atoms with E-state index in [1.807, 2.05) is 48.5 Å². The van der Waals surface area contributed by atoms with E-state index in [0.29, 0.717) is 30.3 Å². The summed E-state index contributed by atoms with van der Waals surface area (Å²) in [5, 5.41) is 8.07. The molecule has 2 fully saturated rings. The standard InChI is InChI=1S/C35H38F3N9O4S/c1-45(52(2,50)51)32-25(4-3-15-39-32)20-40-31-29(35(36,37)38)21-41-34(44-31)42-26-9-11-27(12-10-26)47-18-16-46(17-19-47)22-23-5-7-24(8-6-23)28-13-14-30(48)43-33(28)49/h3-12,15,21,28H,13-14,16-20,22H2,1-2H3,(H,43,48,49)(H2,40,41,42,44). The predicted molar refractivity (Wildman–Crippen MR) is 191 cm³/mol. The lowest BCUT2D eigenvalue weighted by molar-refractivity contribution is -0.137. The number of rotatable bonds is 11. The van der Waals surface area contributed by atoms with Gasteiger partial charge in [-0.15, -0.1) is 0 Å². The van der Waals surface area contributed by atoms with Crippen LogP contribution in [0.1, 0.15) is 41.0 Å². The van der Waals surface area contributed by atoms with Crippen molar-refractivity contribution in [3.63, 3.8) is 0 Å². The third-order valence-corrected chi connectivity index (χ3v) is 10.3. The molecule has 4 aromatic rings. The van der Waals surface area contributed by atoms with Crippen LogP contribution in [0, 0.1) is 0 Å². The van der Waals surface area contributed by atoms with Crippen molar-refractivity contribution in [1.82, 2.24) is 25.2 Å². The molecule has 2 amide bonds. The number of nitrogens with zero attached hydrogens (tertiary/aromatic N) is 6. The lowest BCUT2D eigenvalue weighted by Gasteiger charge is -2.36. The van der Waals surface area contributed by atoms with Crippen LogP contribution in [0.15, 0.2) is 73.1 Å². The first-order chi connectivity index (χ1) is 24.7. The number of piperidine rings is 1. The third kappa shape index (κ3) is 8.77. The van der Waals surface area contributed by atoms with E-state index in [9.17, 15) is 31.2 Å². The van der Waals surface area contributed by atoms with Crippen LogP contribution in [0.3, 0.4) is 0 Å². The molecule has 0 spiro atoms.